The number of halogens is 1. The molecule has 7 N–H and O–H groups in total. The van der Waals surface area contributed by atoms with E-state index in [9.17, 15) is 0 Å². The van der Waals surface area contributed by atoms with Gasteiger partial charge in [0.25, 0.3) is 0 Å². The van der Waals surface area contributed by atoms with Crippen molar-refractivity contribution in [1.29, 1.82) is 0 Å². The van der Waals surface area contributed by atoms with Crippen LogP contribution < -0.4 is 18.1 Å². The molecular weight excluding hydrogens is 374 g/mol. The molecule has 0 aliphatic carbocycles. The molecule has 172 valence electrons. The standard InChI is InChI=1S/C23H47NO2.ClH.H2O/c24-20-16-14-12-10-8-6-4-2-1-3-5-7-9-11-13-15-17-23(18-21-25)19-22-26;;/h1,3,23,25-26H,2,4-22,24H2;1H;1H2/b3-1-;;. The van der Waals surface area contributed by atoms with Gasteiger partial charge < -0.3 is 33.8 Å². The molecule has 0 aliphatic heterocycles. The molecule has 0 saturated carbocycles. The summed E-state index contributed by atoms with van der Waals surface area (Å²) in [4.78, 5) is 0. The molecule has 0 aromatic heterocycles. The zero-order valence-electron chi connectivity index (χ0n) is 18.4. The smallest absolute Gasteiger partial charge is 0.0739 e. The van der Waals surface area contributed by atoms with E-state index in [1.807, 2.05) is 0 Å². The third kappa shape index (κ3) is 25.9. The predicted molar refractivity (Wildman–Crippen MR) is 117 cm³/mol. The van der Waals surface area contributed by atoms with Crippen LogP contribution in [0.1, 0.15) is 109 Å². The van der Waals surface area contributed by atoms with E-state index < -0.39 is 0 Å². The molecule has 0 aromatic carbocycles. The van der Waals surface area contributed by atoms with Crippen molar-refractivity contribution in [1.82, 2.24) is 0 Å². The zero-order valence-corrected chi connectivity index (χ0v) is 19.1. The topological polar surface area (TPSA) is 99.6 Å². The molecule has 0 radical (unpaired) electrons. The van der Waals surface area contributed by atoms with Crippen LogP contribution in [-0.4, -0.2) is 35.4 Å². The number of aliphatic hydroxyl groups is 2. The first-order valence-corrected chi connectivity index (χ1v) is 11.5. The SMILES string of the molecule is O.[Cl-].[NH3+]CCCCCCCCC/C=C\CCCCCCCC(CCO)CCO. The van der Waals surface area contributed by atoms with Gasteiger partial charge >= 0.3 is 0 Å². The molecular formula is C23H50ClNO3. The van der Waals surface area contributed by atoms with E-state index in [1.165, 1.54) is 89.9 Å². The van der Waals surface area contributed by atoms with Crippen molar-refractivity contribution < 1.29 is 33.8 Å². The average Bonchev–Trinajstić information content (AvgIpc) is 2.64. The summed E-state index contributed by atoms with van der Waals surface area (Å²) in [5, 5.41) is 18.0. The van der Waals surface area contributed by atoms with Gasteiger partial charge in [0.15, 0.2) is 0 Å². The Bertz CT molecular complexity index is 285. The Kier molecular flexibility index (Phi) is 33.8. The van der Waals surface area contributed by atoms with E-state index in [2.05, 4.69) is 17.9 Å². The molecule has 0 rings (SSSR count). The Morgan fingerprint density at radius 2 is 0.964 bits per heavy atom. The molecule has 0 saturated heterocycles. The summed E-state index contributed by atoms with van der Waals surface area (Å²) in [5.74, 6) is 0.515. The number of quaternary nitrogens is 1. The summed E-state index contributed by atoms with van der Waals surface area (Å²) in [6, 6.07) is 0. The predicted octanol–water partition coefficient (Wildman–Crippen LogP) is 1.20. The molecule has 5 heteroatoms. The van der Waals surface area contributed by atoms with Gasteiger partial charge in [0.05, 0.1) is 6.54 Å². The Labute approximate surface area is 181 Å². The van der Waals surface area contributed by atoms with Crippen LogP contribution >= 0.6 is 0 Å². The van der Waals surface area contributed by atoms with Crippen LogP contribution in [0.4, 0.5) is 0 Å². The highest BCUT2D eigenvalue weighted by molar-refractivity contribution is 4.81. The summed E-state index contributed by atoms with van der Waals surface area (Å²) in [5.41, 5.74) is 3.89. The number of hydrogen-bond donors (Lipinski definition) is 3. The summed E-state index contributed by atoms with van der Waals surface area (Å²) in [7, 11) is 0. The highest BCUT2D eigenvalue weighted by atomic mass is 35.5. The van der Waals surface area contributed by atoms with Crippen molar-refractivity contribution in [3.63, 3.8) is 0 Å². The number of allylic oxidation sites excluding steroid dienone is 2. The van der Waals surface area contributed by atoms with E-state index >= 15 is 0 Å². The van der Waals surface area contributed by atoms with E-state index in [0.717, 1.165) is 25.8 Å². The summed E-state index contributed by atoms with van der Waals surface area (Å²) in [6.45, 7) is 1.61. The van der Waals surface area contributed by atoms with Crippen molar-refractivity contribution in [3.8, 4) is 0 Å². The van der Waals surface area contributed by atoms with Crippen LogP contribution in [0.3, 0.4) is 0 Å². The van der Waals surface area contributed by atoms with Crippen LogP contribution in [0.2, 0.25) is 0 Å². The fourth-order valence-electron chi connectivity index (χ4n) is 3.58. The molecule has 0 unspecified atom stereocenters. The van der Waals surface area contributed by atoms with Crippen LogP contribution in [0.5, 0.6) is 0 Å². The van der Waals surface area contributed by atoms with Crippen LogP contribution in [0.15, 0.2) is 12.2 Å². The van der Waals surface area contributed by atoms with Gasteiger partial charge in [-0.1, -0.05) is 69.9 Å². The van der Waals surface area contributed by atoms with Gasteiger partial charge in [0, 0.05) is 13.2 Å². The minimum atomic E-state index is 0. The Balaban J connectivity index is -0.00000312. The zero-order chi connectivity index (χ0) is 19.1. The summed E-state index contributed by atoms with van der Waals surface area (Å²) in [6.07, 6.45) is 26.3. The van der Waals surface area contributed by atoms with Crippen molar-refractivity contribution in [2.75, 3.05) is 19.8 Å². The Hall–Kier alpha value is -0.130. The van der Waals surface area contributed by atoms with Gasteiger partial charge in [-0.15, -0.1) is 0 Å². The Morgan fingerprint density at radius 3 is 1.39 bits per heavy atom. The molecule has 0 atom stereocenters. The van der Waals surface area contributed by atoms with Crippen molar-refractivity contribution in [2.45, 2.75) is 109 Å². The second-order valence-electron chi connectivity index (χ2n) is 7.82. The average molecular weight is 424 g/mol. The molecule has 28 heavy (non-hydrogen) atoms. The fraction of sp³-hybridized carbons (Fsp3) is 0.913. The lowest BCUT2D eigenvalue weighted by molar-refractivity contribution is -0.368. The lowest BCUT2D eigenvalue weighted by Crippen LogP contribution is -3.00. The number of aliphatic hydroxyl groups excluding tert-OH is 2. The van der Waals surface area contributed by atoms with Gasteiger partial charge in [-0.2, -0.15) is 0 Å². The highest BCUT2D eigenvalue weighted by Gasteiger charge is 2.06. The lowest BCUT2D eigenvalue weighted by Gasteiger charge is -2.13. The van der Waals surface area contributed by atoms with Crippen molar-refractivity contribution >= 4 is 0 Å². The molecule has 0 fully saturated rings. The maximum Gasteiger partial charge on any atom is 0.0739 e. The Morgan fingerprint density at radius 1 is 0.571 bits per heavy atom. The van der Waals surface area contributed by atoms with Gasteiger partial charge in [-0.25, -0.2) is 0 Å². The molecule has 0 aromatic rings. The van der Waals surface area contributed by atoms with Crippen molar-refractivity contribution in [3.05, 3.63) is 12.2 Å². The summed E-state index contributed by atoms with van der Waals surface area (Å²) < 4.78 is 0. The van der Waals surface area contributed by atoms with E-state index in [4.69, 9.17) is 10.2 Å². The van der Waals surface area contributed by atoms with Gasteiger partial charge in [-0.05, 0) is 57.3 Å². The van der Waals surface area contributed by atoms with Gasteiger partial charge in [0.1, 0.15) is 0 Å². The lowest BCUT2D eigenvalue weighted by atomic mass is 9.95. The first-order valence-electron chi connectivity index (χ1n) is 11.5. The molecule has 0 aliphatic rings. The van der Waals surface area contributed by atoms with E-state index in [-0.39, 0.29) is 31.1 Å². The number of rotatable bonds is 21. The van der Waals surface area contributed by atoms with Crippen LogP contribution in [-0.2, 0) is 0 Å². The van der Waals surface area contributed by atoms with Crippen LogP contribution in [0.25, 0.3) is 0 Å². The molecule has 0 bridgehead atoms. The quantitative estimate of drug-likeness (QED) is 0.191. The second-order valence-corrected chi connectivity index (χ2v) is 7.82. The first-order chi connectivity index (χ1) is 12.8. The van der Waals surface area contributed by atoms with Crippen LogP contribution in [0, 0.1) is 5.92 Å². The van der Waals surface area contributed by atoms with E-state index in [0.29, 0.717) is 5.92 Å². The van der Waals surface area contributed by atoms with E-state index in [1.54, 1.807) is 0 Å². The maximum absolute atomic E-state index is 9.02. The fourth-order valence-corrected chi connectivity index (χ4v) is 3.58. The first kappa shape index (κ1) is 32.5. The van der Waals surface area contributed by atoms with Gasteiger partial charge in [-0.3, -0.25) is 0 Å². The number of hydrogen-bond acceptors (Lipinski definition) is 2. The minimum Gasteiger partial charge on any atom is -1.00 e. The monoisotopic (exact) mass is 423 g/mol. The minimum absolute atomic E-state index is 0. The normalized spacial score (nSPS) is 11.0. The highest BCUT2D eigenvalue weighted by Crippen LogP contribution is 2.18. The van der Waals surface area contributed by atoms with Crippen molar-refractivity contribution in [2.24, 2.45) is 5.92 Å². The maximum atomic E-state index is 9.02. The molecule has 0 amide bonds. The third-order valence-electron chi connectivity index (χ3n) is 5.35. The largest absolute Gasteiger partial charge is 1.00 e. The van der Waals surface area contributed by atoms with Gasteiger partial charge in [0.2, 0.25) is 0 Å². The third-order valence-corrected chi connectivity index (χ3v) is 5.35. The molecule has 0 heterocycles. The summed E-state index contributed by atoms with van der Waals surface area (Å²) >= 11 is 0. The second kappa shape index (κ2) is 29.1. The number of unbranched alkanes of at least 4 members (excludes halogenated alkanes) is 12. The molecule has 4 nitrogen and oxygen atoms in total. The molecule has 0 spiro atoms.